The second-order valence-corrected chi connectivity index (χ2v) is 13.7. The first-order valence-electron chi connectivity index (χ1n) is 15.6. The zero-order valence-corrected chi connectivity index (χ0v) is 27.9. The van der Waals surface area contributed by atoms with Crippen LogP contribution in [0.25, 0.3) is 16.9 Å². The maximum atomic E-state index is 13.6. The first-order chi connectivity index (χ1) is 24.1. The molecule has 1 saturated heterocycles. The average Bonchev–Trinajstić information content (AvgIpc) is 3.67. The molecule has 3 aromatic carbocycles. The van der Waals surface area contributed by atoms with E-state index in [1.54, 1.807) is 36.4 Å². The van der Waals surface area contributed by atoms with E-state index < -0.39 is 51.8 Å². The van der Waals surface area contributed by atoms with Crippen LogP contribution >= 0.6 is 0 Å². The highest BCUT2D eigenvalue weighted by Gasteiger charge is 2.40. The lowest BCUT2D eigenvalue weighted by molar-refractivity contribution is -0.715. The van der Waals surface area contributed by atoms with E-state index in [-0.39, 0.29) is 51.9 Å². The molecule has 266 valence electrons. The van der Waals surface area contributed by atoms with E-state index in [1.165, 1.54) is 31.2 Å². The number of alkyl halides is 3. The molecule has 14 nitrogen and oxygen atoms in total. The Morgan fingerprint density at radius 1 is 1.04 bits per heavy atom. The second-order valence-electron chi connectivity index (χ2n) is 12.0. The van der Waals surface area contributed by atoms with Crippen LogP contribution in [0.5, 0.6) is 0 Å². The highest BCUT2D eigenvalue weighted by atomic mass is 32.2. The molecule has 0 bridgehead atoms. The van der Waals surface area contributed by atoms with Crippen molar-refractivity contribution >= 4 is 27.7 Å². The third kappa shape index (κ3) is 7.12. The molecule has 0 aliphatic carbocycles. The molecular formula is C33H30F3N7O7S. The summed E-state index contributed by atoms with van der Waals surface area (Å²) in [4.78, 5) is 44.2. The second kappa shape index (κ2) is 13.5. The normalized spacial score (nSPS) is 17.4. The Bertz CT molecular complexity index is 2100. The van der Waals surface area contributed by atoms with Gasteiger partial charge in [0.25, 0.3) is 21.8 Å². The number of nitrogens with zero attached hydrogens (tertiary/aromatic N) is 6. The summed E-state index contributed by atoms with van der Waals surface area (Å²) in [7, 11) is -4.43. The zero-order valence-electron chi connectivity index (χ0n) is 27.1. The standard InChI is InChI=1S/C33H30F3N7O7S/c1-20-9-11-22(12-10-20)28-18-29(33(34,35)36)37-42(28)24-13-15-25(16-14-24)51(48,49)38-30(44)23-6-5-17-40(19-23)43(47)39-50-21(2)41-31(45)26-7-3-4-8-27(26)32(41)46/h3-4,7-16,18,21,23H,5-6,17,19H2,1-2H3,(H,38,44)/b43-39+. The summed E-state index contributed by atoms with van der Waals surface area (Å²) in [5.74, 6) is -3.05. The summed E-state index contributed by atoms with van der Waals surface area (Å²) in [6, 6.07) is 18.7. The molecular weight excluding hydrogens is 695 g/mol. The molecule has 0 spiro atoms. The van der Waals surface area contributed by atoms with Gasteiger partial charge in [-0.05, 0) is 69.2 Å². The SMILES string of the molecule is Cc1ccc(-c2cc(C(F)(F)F)nn2-c2ccc(S(=O)(=O)NC(=O)C3CCCN(/[N+]([O-])=N\OC(C)N4C(=O)c5ccccc5C4=O)C3)cc2)cc1. The zero-order chi connectivity index (χ0) is 36.7. The number of imide groups is 1. The van der Waals surface area contributed by atoms with Gasteiger partial charge in [-0.25, -0.2) is 22.7 Å². The van der Waals surface area contributed by atoms with Gasteiger partial charge in [0.15, 0.2) is 5.69 Å². The number of fused-ring (bicyclic) bond motifs is 1. The maximum absolute atomic E-state index is 13.6. The van der Waals surface area contributed by atoms with Gasteiger partial charge < -0.3 is 10.0 Å². The van der Waals surface area contributed by atoms with Crippen molar-refractivity contribution in [2.75, 3.05) is 13.1 Å². The van der Waals surface area contributed by atoms with Crippen LogP contribution < -0.4 is 4.72 Å². The van der Waals surface area contributed by atoms with Crippen LogP contribution in [0.15, 0.2) is 89.0 Å². The topological polar surface area (TPSA) is 169 Å². The van der Waals surface area contributed by atoms with Crippen LogP contribution in [0.2, 0.25) is 0 Å². The van der Waals surface area contributed by atoms with Gasteiger partial charge in [0, 0.05) is 5.56 Å². The van der Waals surface area contributed by atoms with Crippen LogP contribution in [-0.4, -0.2) is 70.1 Å². The fourth-order valence-electron chi connectivity index (χ4n) is 5.76. The molecule has 2 aliphatic heterocycles. The molecule has 3 heterocycles. The summed E-state index contributed by atoms with van der Waals surface area (Å²) in [6.45, 7) is 3.13. The maximum Gasteiger partial charge on any atom is 0.435 e. The highest BCUT2D eigenvalue weighted by molar-refractivity contribution is 7.90. The first-order valence-corrected chi connectivity index (χ1v) is 17.1. The van der Waals surface area contributed by atoms with E-state index in [1.807, 2.05) is 11.6 Å². The number of benzene rings is 3. The smallest absolute Gasteiger partial charge is 0.435 e. The van der Waals surface area contributed by atoms with E-state index in [0.29, 0.717) is 12.0 Å². The number of hydrogen-bond donors (Lipinski definition) is 1. The van der Waals surface area contributed by atoms with Gasteiger partial charge in [0.1, 0.15) is 0 Å². The van der Waals surface area contributed by atoms with Gasteiger partial charge in [-0.3, -0.25) is 14.4 Å². The minimum atomic E-state index is -4.72. The molecule has 1 N–H and O–H groups in total. The molecule has 1 fully saturated rings. The number of halogens is 3. The van der Waals surface area contributed by atoms with Crippen molar-refractivity contribution in [3.8, 4) is 16.9 Å². The number of amides is 3. The van der Waals surface area contributed by atoms with Crippen LogP contribution in [0, 0.1) is 18.0 Å². The molecule has 3 amide bonds. The molecule has 2 unspecified atom stereocenters. The molecule has 0 radical (unpaired) electrons. The van der Waals surface area contributed by atoms with E-state index in [0.717, 1.165) is 38.4 Å². The monoisotopic (exact) mass is 725 g/mol. The average molecular weight is 726 g/mol. The molecule has 2 atom stereocenters. The minimum Gasteiger partial charge on any atom is -0.569 e. The Balaban J connectivity index is 1.11. The molecule has 2 aliphatic rings. The molecule has 0 saturated carbocycles. The van der Waals surface area contributed by atoms with Gasteiger partial charge >= 0.3 is 6.18 Å². The van der Waals surface area contributed by atoms with Gasteiger partial charge in [-0.1, -0.05) is 42.0 Å². The number of carbonyl (C=O) groups excluding carboxylic acids is 3. The molecule has 18 heteroatoms. The van der Waals surface area contributed by atoms with Crippen LogP contribution in [0.3, 0.4) is 0 Å². The van der Waals surface area contributed by atoms with Gasteiger partial charge in [0.2, 0.25) is 17.4 Å². The third-order valence-corrected chi connectivity index (χ3v) is 9.81. The van der Waals surface area contributed by atoms with Crippen molar-refractivity contribution < 1.29 is 45.8 Å². The summed E-state index contributed by atoms with van der Waals surface area (Å²) in [6.07, 6.45) is -5.39. The molecule has 6 rings (SSSR count). The number of sulfonamides is 1. The highest BCUT2D eigenvalue weighted by Crippen LogP contribution is 2.33. The number of piperidine rings is 1. The van der Waals surface area contributed by atoms with Crippen molar-refractivity contribution in [1.82, 2.24) is 24.4 Å². The minimum absolute atomic E-state index is 0.0751. The Kier molecular flexibility index (Phi) is 9.28. The quantitative estimate of drug-likeness (QED) is 0.110. The number of carbonyl (C=O) groups is 3. The Morgan fingerprint density at radius 3 is 2.27 bits per heavy atom. The van der Waals surface area contributed by atoms with E-state index >= 15 is 0 Å². The summed E-state index contributed by atoms with van der Waals surface area (Å²) in [5, 5.41) is 21.0. The molecule has 1 aromatic heterocycles. The Morgan fingerprint density at radius 2 is 1.67 bits per heavy atom. The summed E-state index contributed by atoms with van der Waals surface area (Å²) in [5.41, 5.74) is 0.900. The van der Waals surface area contributed by atoms with E-state index in [4.69, 9.17) is 4.84 Å². The fourth-order valence-corrected chi connectivity index (χ4v) is 6.80. The number of hydrazine groups is 1. The summed E-state index contributed by atoms with van der Waals surface area (Å²) >= 11 is 0. The van der Waals surface area contributed by atoms with Crippen molar-refractivity contribution in [3.63, 3.8) is 0 Å². The largest absolute Gasteiger partial charge is 0.569 e. The van der Waals surface area contributed by atoms with Crippen molar-refractivity contribution in [3.05, 3.63) is 106 Å². The number of aromatic nitrogens is 2. The third-order valence-electron chi connectivity index (χ3n) is 8.45. The van der Waals surface area contributed by atoms with Crippen LogP contribution in [-0.2, 0) is 25.8 Å². The van der Waals surface area contributed by atoms with Crippen LogP contribution in [0.1, 0.15) is 51.7 Å². The van der Waals surface area contributed by atoms with Gasteiger partial charge in [0.05, 0.1) is 51.4 Å². The van der Waals surface area contributed by atoms with E-state index in [9.17, 15) is 41.2 Å². The van der Waals surface area contributed by atoms with Crippen molar-refractivity contribution in [2.24, 2.45) is 11.2 Å². The number of nitrogens with one attached hydrogen (secondary N) is 1. The van der Waals surface area contributed by atoms with Gasteiger partial charge in [-0.15, -0.1) is 5.01 Å². The lowest BCUT2D eigenvalue weighted by Gasteiger charge is -2.28. The molecule has 4 aromatic rings. The lowest BCUT2D eigenvalue weighted by atomic mass is 9.99. The number of aryl methyl sites for hydroxylation is 1. The van der Waals surface area contributed by atoms with Crippen LogP contribution in [0.4, 0.5) is 13.2 Å². The Hall–Kier alpha value is -5.78. The van der Waals surface area contributed by atoms with Crippen molar-refractivity contribution in [1.29, 1.82) is 0 Å². The number of hydrogen-bond acceptors (Lipinski definition) is 9. The fraction of sp³-hybridized carbons (Fsp3) is 0.273. The lowest BCUT2D eigenvalue weighted by Crippen LogP contribution is -2.47. The van der Waals surface area contributed by atoms with E-state index in [2.05, 4.69) is 10.4 Å². The molecule has 51 heavy (non-hydrogen) atoms. The predicted molar refractivity (Wildman–Crippen MR) is 172 cm³/mol. The summed E-state index contributed by atoms with van der Waals surface area (Å²) < 4.78 is 70.1. The van der Waals surface area contributed by atoms with Crippen molar-refractivity contribution in [2.45, 2.75) is 44.0 Å². The first kappa shape index (κ1) is 35.1. The number of rotatable bonds is 9. The predicted octanol–water partition coefficient (Wildman–Crippen LogP) is 4.83. The Labute approximate surface area is 289 Å². The van der Waals surface area contributed by atoms with Gasteiger partial charge in [-0.2, -0.15) is 18.3 Å².